The molecular weight excluding hydrogens is 262 g/mol. The van der Waals surface area contributed by atoms with E-state index < -0.39 is 4.92 Å². The summed E-state index contributed by atoms with van der Waals surface area (Å²) in [5, 5.41) is 16.5. The molecule has 7 nitrogen and oxygen atoms in total. The normalized spacial score (nSPS) is 11.0. The molecule has 1 aromatic carbocycles. The number of amides is 1. The van der Waals surface area contributed by atoms with E-state index in [0.717, 1.165) is 0 Å². The Hall–Kier alpha value is -2.15. The molecule has 110 valence electrons. The van der Waals surface area contributed by atoms with Gasteiger partial charge in [-0.3, -0.25) is 14.9 Å². The van der Waals surface area contributed by atoms with Crippen LogP contribution in [0.1, 0.15) is 20.8 Å². The van der Waals surface area contributed by atoms with E-state index in [9.17, 15) is 14.9 Å². The Morgan fingerprint density at radius 2 is 2.05 bits per heavy atom. The van der Waals surface area contributed by atoms with Crippen molar-refractivity contribution in [2.24, 2.45) is 0 Å². The van der Waals surface area contributed by atoms with Gasteiger partial charge < -0.3 is 15.4 Å². The average Bonchev–Trinajstić information content (AvgIpc) is 2.35. The van der Waals surface area contributed by atoms with Gasteiger partial charge in [0.2, 0.25) is 5.91 Å². The molecule has 1 amide bonds. The summed E-state index contributed by atoms with van der Waals surface area (Å²) in [5.41, 5.74) is -0.256. The number of benzene rings is 1. The predicted molar refractivity (Wildman–Crippen MR) is 76.0 cm³/mol. The highest BCUT2D eigenvalue weighted by molar-refractivity contribution is 5.94. The smallest absolute Gasteiger partial charge is 0.296 e. The summed E-state index contributed by atoms with van der Waals surface area (Å²) in [5.74, 6) is 0.0238. The number of nitrogens with one attached hydrogen (secondary N) is 2. The molecule has 0 aliphatic rings. The number of hydrogen-bond acceptors (Lipinski definition) is 5. The lowest BCUT2D eigenvalue weighted by atomic mass is 10.1. The van der Waals surface area contributed by atoms with Crippen LogP contribution in [-0.2, 0) is 4.79 Å². The summed E-state index contributed by atoms with van der Waals surface area (Å²) in [4.78, 5) is 22.2. The maximum atomic E-state index is 11.8. The number of carbonyl (C=O) groups is 1. The molecule has 0 radical (unpaired) electrons. The van der Waals surface area contributed by atoms with Crippen molar-refractivity contribution < 1.29 is 14.5 Å². The van der Waals surface area contributed by atoms with Crippen molar-refractivity contribution in [1.82, 2.24) is 5.32 Å². The topological polar surface area (TPSA) is 93.5 Å². The number of ether oxygens (including phenoxy) is 1. The summed E-state index contributed by atoms with van der Waals surface area (Å²) < 4.78 is 4.93. The molecule has 0 saturated carbocycles. The van der Waals surface area contributed by atoms with E-state index in [2.05, 4.69) is 10.6 Å². The molecule has 0 unspecified atom stereocenters. The van der Waals surface area contributed by atoms with Gasteiger partial charge in [0.1, 0.15) is 11.4 Å². The SMILES string of the molecule is COc1ccc(NC(=O)CNC(C)(C)C)c([N+](=O)[O-])c1. The van der Waals surface area contributed by atoms with Gasteiger partial charge in [-0.05, 0) is 32.9 Å². The minimum Gasteiger partial charge on any atom is -0.496 e. The number of rotatable bonds is 5. The number of nitro benzene ring substituents is 1. The quantitative estimate of drug-likeness (QED) is 0.635. The first-order valence-corrected chi connectivity index (χ1v) is 6.10. The lowest BCUT2D eigenvalue weighted by Crippen LogP contribution is -2.41. The Morgan fingerprint density at radius 1 is 1.40 bits per heavy atom. The zero-order valence-electron chi connectivity index (χ0n) is 12.0. The maximum absolute atomic E-state index is 11.8. The second-order valence-electron chi connectivity index (χ2n) is 5.29. The molecule has 0 aliphatic heterocycles. The molecule has 0 aromatic heterocycles. The number of anilines is 1. The minimum atomic E-state index is -0.560. The summed E-state index contributed by atoms with van der Waals surface area (Å²) in [6.45, 7) is 5.86. The predicted octanol–water partition coefficient (Wildman–Crippen LogP) is 1.93. The van der Waals surface area contributed by atoms with Crippen molar-refractivity contribution in [3.63, 3.8) is 0 Å². The van der Waals surface area contributed by atoms with Gasteiger partial charge in [-0.1, -0.05) is 0 Å². The minimum absolute atomic E-state index is 0.0761. The Bertz CT molecular complexity index is 509. The first-order valence-electron chi connectivity index (χ1n) is 6.10. The second kappa shape index (κ2) is 6.33. The van der Waals surface area contributed by atoms with Gasteiger partial charge in [-0.25, -0.2) is 0 Å². The van der Waals surface area contributed by atoms with Crippen molar-refractivity contribution in [2.45, 2.75) is 26.3 Å². The van der Waals surface area contributed by atoms with E-state index in [4.69, 9.17) is 4.74 Å². The molecule has 0 heterocycles. The van der Waals surface area contributed by atoms with Crippen LogP contribution < -0.4 is 15.4 Å². The third kappa shape index (κ3) is 4.85. The van der Waals surface area contributed by atoms with Gasteiger partial charge in [0.05, 0.1) is 24.6 Å². The number of carbonyl (C=O) groups excluding carboxylic acids is 1. The zero-order chi connectivity index (χ0) is 15.3. The maximum Gasteiger partial charge on any atom is 0.296 e. The van der Waals surface area contributed by atoms with Crippen LogP contribution in [0.15, 0.2) is 18.2 Å². The molecule has 20 heavy (non-hydrogen) atoms. The Morgan fingerprint density at radius 3 is 2.55 bits per heavy atom. The van der Waals surface area contributed by atoms with Crippen LogP contribution in [0.4, 0.5) is 11.4 Å². The second-order valence-corrected chi connectivity index (χ2v) is 5.29. The molecular formula is C13H19N3O4. The fourth-order valence-electron chi connectivity index (χ4n) is 1.44. The summed E-state index contributed by atoms with van der Waals surface area (Å²) in [6, 6.07) is 4.28. The van der Waals surface area contributed by atoms with Gasteiger partial charge in [-0.2, -0.15) is 0 Å². The van der Waals surface area contributed by atoms with Crippen molar-refractivity contribution in [1.29, 1.82) is 0 Å². The van der Waals surface area contributed by atoms with E-state index in [0.29, 0.717) is 5.75 Å². The highest BCUT2D eigenvalue weighted by Crippen LogP contribution is 2.28. The molecule has 0 bridgehead atoms. The van der Waals surface area contributed by atoms with Crippen molar-refractivity contribution >= 4 is 17.3 Å². The van der Waals surface area contributed by atoms with Crippen LogP contribution in [-0.4, -0.2) is 30.0 Å². The van der Waals surface area contributed by atoms with E-state index in [1.54, 1.807) is 6.07 Å². The Balaban J connectivity index is 2.81. The fraction of sp³-hybridized carbons (Fsp3) is 0.462. The van der Waals surface area contributed by atoms with Crippen LogP contribution >= 0.6 is 0 Å². The first-order chi connectivity index (χ1) is 9.23. The summed E-state index contributed by atoms with van der Waals surface area (Å²) in [6.07, 6.45) is 0. The molecule has 0 atom stereocenters. The molecule has 0 spiro atoms. The van der Waals surface area contributed by atoms with Crippen LogP contribution in [0.3, 0.4) is 0 Å². The van der Waals surface area contributed by atoms with Crippen LogP contribution in [0.2, 0.25) is 0 Å². The van der Waals surface area contributed by atoms with Crippen molar-refractivity contribution in [3.8, 4) is 5.75 Å². The average molecular weight is 281 g/mol. The van der Waals surface area contributed by atoms with Crippen molar-refractivity contribution in [2.75, 3.05) is 19.0 Å². The monoisotopic (exact) mass is 281 g/mol. The highest BCUT2D eigenvalue weighted by Gasteiger charge is 2.18. The molecule has 1 rings (SSSR count). The number of methoxy groups -OCH3 is 1. The van der Waals surface area contributed by atoms with Gasteiger partial charge >= 0.3 is 0 Å². The molecule has 0 saturated heterocycles. The van der Waals surface area contributed by atoms with Gasteiger partial charge in [0.15, 0.2) is 0 Å². The fourth-order valence-corrected chi connectivity index (χ4v) is 1.44. The molecule has 2 N–H and O–H groups in total. The summed E-state index contributed by atoms with van der Waals surface area (Å²) in [7, 11) is 1.42. The third-order valence-corrected chi connectivity index (χ3v) is 2.45. The Labute approximate surface area is 117 Å². The van der Waals surface area contributed by atoms with Crippen molar-refractivity contribution in [3.05, 3.63) is 28.3 Å². The molecule has 1 aromatic rings. The van der Waals surface area contributed by atoms with Crippen LogP contribution in [0.5, 0.6) is 5.75 Å². The number of nitro groups is 1. The van der Waals surface area contributed by atoms with Crippen LogP contribution in [0, 0.1) is 10.1 Å². The number of hydrogen-bond donors (Lipinski definition) is 2. The van der Waals surface area contributed by atoms with E-state index >= 15 is 0 Å². The number of nitrogens with zero attached hydrogens (tertiary/aromatic N) is 1. The summed E-state index contributed by atoms with van der Waals surface area (Å²) >= 11 is 0. The molecule has 7 heteroatoms. The largest absolute Gasteiger partial charge is 0.496 e. The van der Waals surface area contributed by atoms with E-state index in [1.165, 1.54) is 19.2 Å². The third-order valence-electron chi connectivity index (χ3n) is 2.45. The first kappa shape index (κ1) is 15.9. The standard InChI is InChI=1S/C13H19N3O4/c1-13(2,3)14-8-12(17)15-10-6-5-9(20-4)7-11(10)16(18)19/h5-7,14H,8H2,1-4H3,(H,15,17). The van der Waals surface area contributed by atoms with E-state index in [1.807, 2.05) is 20.8 Å². The van der Waals surface area contributed by atoms with Gasteiger partial charge in [0, 0.05) is 5.54 Å². The van der Waals surface area contributed by atoms with E-state index in [-0.39, 0.29) is 29.4 Å². The van der Waals surface area contributed by atoms with Gasteiger partial charge in [-0.15, -0.1) is 0 Å². The highest BCUT2D eigenvalue weighted by atomic mass is 16.6. The van der Waals surface area contributed by atoms with Gasteiger partial charge in [0.25, 0.3) is 5.69 Å². The molecule has 0 fully saturated rings. The molecule has 0 aliphatic carbocycles. The zero-order valence-corrected chi connectivity index (χ0v) is 12.0. The lowest BCUT2D eigenvalue weighted by Gasteiger charge is -2.20. The van der Waals surface area contributed by atoms with Crippen LogP contribution in [0.25, 0.3) is 0 Å². The lowest BCUT2D eigenvalue weighted by molar-refractivity contribution is -0.384. The Kier molecular flexibility index (Phi) is 5.04.